The van der Waals surface area contributed by atoms with Crippen molar-refractivity contribution in [2.75, 3.05) is 16.3 Å². The van der Waals surface area contributed by atoms with Gasteiger partial charge in [-0.3, -0.25) is 0 Å². The second-order valence-corrected chi connectivity index (χ2v) is 7.41. The van der Waals surface area contributed by atoms with E-state index in [1.807, 2.05) is 24.3 Å². The lowest BCUT2D eigenvalue weighted by Gasteiger charge is -2.30. The molecule has 148 valence electrons. The fourth-order valence-electron chi connectivity index (χ4n) is 3.95. The van der Waals surface area contributed by atoms with Crippen molar-refractivity contribution >= 4 is 23.1 Å². The van der Waals surface area contributed by atoms with Crippen LogP contribution in [0.25, 0.3) is 0 Å². The van der Waals surface area contributed by atoms with Crippen LogP contribution in [0.4, 0.5) is 23.1 Å². The normalized spacial score (nSPS) is 13.0. The predicted octanol–water partition coefficient (Wildman–Crippen LogP) is 5.29. The third-order valence-corrected chi connectivity index (χ3v) is 5.41. The Kier molecular flexibility index (Phi) is 5.08. The largest absolute Gasteiger partial charge is 0.321 e. The van der Waals surface area contributed by atoms with Gasteiger partial charge in [0.1, 0.15) is 0 Å². The molecule has 0 amide bonds. The van der Waals surface area contributed by atoms with E-state index in [2.05, 4.69) is 80.7 Å². The van der Waals surface area contributed by atoms with Crippen LogP contribution in [0.2, 0.25) is 0 Å². The van der Waals surface area contributed by atoms with Gasteiger partial charge >= 0.3 is 0 Å². The molecule has 4 aromatic rings. The van der Waals surface area contributed by atoms with E-state index >= 15 is 0 Å². The van der Waals surface area contributed by atoms with E-state index in [1.54, 1.807) is 6.20 Å². The summed E-state index contributed by atoms with van der Waals surface area (Å²) in [6, 6.07) is 29.2. The summed E-state index contributed by atoms with van der Waals surface area (Å²) in [6.45, 7) is 1.60. The van der Waals surface area contributed by atoms with Crippen LogP contribution in [-0.4, -0.2) is 21.7 Å². The summed E-state index contributed by atoms with van der Waals surface area (Å²) in [6.07, 6.45) is 3.91. The Morgan fingerprint density at radius 2 is 1.57 bits per heavy atom. The SMILES string of the molecule is c1ccc(CN(c2ccccc2)c2cnnc(N3CCCc4ccccc43)n2)cc1. The highest BCUT2D eigenvalue weighted by Gasteiger charge is 2.22. The summed E-state index contributed by atoms with van der Waals surface area (Å²) in [5.41, 5.74) is 4.80. The van der Waals surface area contributed by atoms with Crippen molar-refractivity contribution in [1.82, 2.24) is 15.2 Å². The molecule has 5 nitrogen and oxygen atoms in total. The summed E-state index contributed by atoms with van der Waals surface area (Å²) in [5.74, 6) is 1.44. The number of hydrogen-bond acceptors (Lipinski definition) is 5. The maximum absolute atomic E-state index is 4.95. The molecule has 0 N–H and O–H groups in total. The van der Waals surface area contributed by atoms with E-state index in [4.69, 9.17) is 4.98 Å². The molecule has 0 spiro atoms. The number of aromatic nitrogens is 3. The van der Waals surface area contributed by atoms with E-state index in [0.29, 0.717) is 12.5 Å². The van der Waals surface area contributed by atoms with Gasteiger partial charge in [-0.2, -0.15) is 10.1 Å². The number of aryl methyl sites for hydroxylation is 1. The summed E-state index contributed by atoms with van der Waals surface area (Å²) in [4.78, 5) is 9.31. The van der Waals surface area contributed by atoms with Gasteiger partial charge in [-0.1, -0.05) is 66.7 Å². The van der Waals surface area contributed by atoms with Crippen LogP contribution in [0.3, 0.4) is 0 Å². The second kappa shape index (κ2) is 8.33. The molecule has 2 heterocycles. The Labute approximate surface area is 176 Å². The Morgan fingerprint density at radius 3 is 2.40 bits per heavy atom. The Morgan fingerprint density at radius 1 is 0.833 bits per heavy atom. The van der Waals surface area contributed by atoms with E-state index in [1.165, 1.54) is 16.8 Å². The minimum absolute atomic E-state index is 0.647. The molecule has 0 bridgehead atoms. The number of para-hydroxylation sites is 2. The smallest absolute Gasteiger partial charge is 0.251 e. The third kappa shape index (κ3) is 3.74. The summed E-state index contributed by atoms with van der Waals surface area (Å²) in [5, 5.41) is 8.71. The first-order valence-corrected chi connectivity index (χ1v) is 10.3. The van der Waals surface area contributed by atoms with Crippen LogP contribution in [0, 0.1) is 0 Å². The molecular weight excluding hydrogens is 370 g/mol. The molecule has 0 unspecified atom stereocenters. The second-order valence-electron chi connectivity index (χ2n) is 7.41. The molecular formula is C25H23N5. The van der Waals surface area contributed by atoms with Gasteiger partial charge < -0.3 is 9.80 Å². The average molecular weight is 393 g/mol. The standard InChI is InChI=1S/C25H23N5/c1-3-10-20(11-4-1)19-30(22-14-5-2-6-15-22)24-18-26-28-25(27-24)29-17-9-13-21-12-7-8-16-23(21)29/h1-8,10-12,14-16,18H,9,13,17,19H2. The molecule has 0 fully saturated rings. The van der Waals surface area contributed by atoms with E-state index in [-0.39, 0.29) is 0 Å². The lowest BCUT2D eigenvalue weighted by Crippen LogP contribution is -2.27. The van der Waals surface area contributed by atoms with Gasteiger partial charge in [-0.05, 0) is 42.2 Å². The first-order valence-electron chi connectivity index (χ1n) is 10.3. The zero-order chi connectivity index (χ0) is 20.2. The molecule has 0 aliphatic carbocycles. The lowest BCUT2D eigenvalue weighted by atomic mass is 10.0. The van der Waals surface area contributed by atoms with E-state index < -0.39 is 0 Å². The van der Waals surface area contributed by atoms with Crippen LogP contribution < -0.4 is 9.80 Å². The van der Waals surface area contributed by atoms with Gasteiger partial charge in [0, 0.05) is 24.5 Å². The van der Waals surface area contributed by atoms with Gasteiger partial charge in [-0.15, -0.1) is 5.10 Å². The fraction of sp³-hybridized carbons (Fsp3) is 0.160. The number of nitrogens with zero attached hydrogens (tertiary/aromatic N) is 5. The summed E-state index contributed by atoms with van der Waals surface area (Å²) >= 11 is 0. The zero-order valence-electron chi connectivity index (χ0n) is 16.7. The van der Waals surface area contributed by atoms with Crippen molar-refractivity contribution in [3.05, 3.63) is 102 Å². The third-order valence-electron chi connectivity index (χ3n) is 5.41. The predicted molar refractivity (Wildman–Crippen MR) is 120 cm³/mol. The van der Waals surface area contributed by atoms with Gasteiger partial charge in [-0.25, -0.2) is 0 Å². The minimum Gasteiger partial charge on any atom is -0.321 e. The van der Waals surface area contributed by atoms with Crippen LogP contribution in [0.15, 0.2) is 91.1 Å². The number of anilines is 4. The highest BCUT2D eigenvalue weighted by Crippen LogP contribution is 2.33. The molecule has 1 aromatic heterocycles. The maximum atomic E-state index is 4.95. The van der Waals surface area contributed by atoms with Crippen LogP contribution >= 0.6 is 0 Å². The fourth-order valence-corrected chi connectivity index (χ4v) is 3.95. The highest BCUT2D eigenvalue weighted by molar-refractivity contribution is 5.65. The minimum atomic E-state index is 0.647. The molecule has 0 atom stereocenters. The first kappa shape index (κ1) is 18.3. The van der Waals surface area contributed by atoms with Crippen molar-refractivity contribution in [1.29, 1.82) is 0 Å². The molecule has 1 aliphatic rings. The van der Waals surface area contributed by atoms with Crippen LogP contribution in [-0.2, 0) is 13.0 Å². The zero-order valence-corrected chi connectivity index (χ0v) is 16.7. The average Bonchev–Trinajstić information content (AvgIpc) is 2.83. The van der Waals surface area contributed by atoms with Crippen molar-refractivity contribution in [2.24, 2.45) is 0 Å². The van der Waals surface area contributed by atoms with Crippen molar-refractivity contribution in [3.63, 3.8) is 0 Å². The first-order chi connectivity index (χ1) is 14.9. The van der Waals surface area contributed by atoms with Crippen molar-refractivity contribution < 1.29 is 0 Å². The molecule has 0 radical (unpaired) electrons. The Bertz CT molecular complexity index is 1110. The van der Waals surface area contributed by atoms with Gasteiger partial charge in [0.25, 0.3) is 5.95 Å². The molecule has 3 aromatic carbocycles. The lowest BCUT2D eigenvalue weighted by molar-refractivity contribution is 0.739. The Hall–Kier alpha value is -3.73. The number of hydrogen-bond donors (Lipinski definition) is 0. The maximum Gasteiger partial charge on any atom is 0.251 e. The summed E-state index contributed by atoms with van der Waals surface area (Å²) in [7, 11) is 0. The molecule has 0 saturated heterocycles. The van der Waals surface area contributed by atoms with Crippen LogP contribution in [0.5, 0.6) is 0 Å². The Balaban J connectivity index is 1.53. The van der Waals surface area contributed by atoms with Crippen molar-refractivity contribution in [2.45, 2.75) is 19.4 Å². The number of benzene rings is 3. The number of rotatable bonds is 5. The topological polar surface area (TPSA) is 45.2 Å². The van der Waals surface area contributed by atoms with Gasteiger partial charge in [0.15, 0.2) is 5.82 Å². The monoisotopic (exact) mass is 393 g/mol. The van der Waals surface area contributed by atoms with E-state index in [0.717, 1.165) is 30.9 Å². The molecule has 5 rings (SSSR count). The van der Waals surface area contributed by atoms with Crippen molar-refractivity contribution in [3.8, 4) is 0 Å². The molecule has 1 aliphatic heterocycles. The highest BCUT2D eigenvalue weighted by atomic mass is 15.4. The van der Waals surface area contributed by atoms with Gasteiger partial charge in [0.05, 0.1) is 6.20 Å². The van der Waals surface area contributed by atoms with E-state index in [9.17, 15) is 0 Å². The number of fused-ring (bicyclic) bond motifs is 1. The quantitative estimate of drug-likeness (QED) is 0.461. The van der Waals surface area contributed by atoms with Gasteiger partial charge in [0.2, 0.25) is 0 Å². The van der Waals surface area contributed by atoms with Crippen LogP contribution in [0.1, 0.15) is 17.5 Å². The molecule has 5 heteroatoms. The molecule has 30 heavy (non-hydrogen) atoms. The summed E-state index contributed by atoms with van der Waals surface area (Å²) < 4.78 is 0. The molecule has 0 saturated carbocycles.